The Morgan fingerprint density at radius 2 is 2.04 bits per heavy atom. The lowest BCUT2D eigenvalue weighted by Gasteiger charge is -2.19. The topological polar surface area (TPSA) is 66.2 Å². The zero-order valence-corrected chi connectivity index (χ0v) is 14.9. The highest BCUT2D eigenvalue weighted by Crippen LogP contribution is 2.33. The first-order chi connectivity index (χ1) is 11.2. The van der Waals surface area contributed by atoms with E-state index in [1.807, 2.05) is 0 Å². The van der Waals surface area contributed by atoms with Crippen molar-refractivity contribution in [3.05, 3.63) is 35.1 Å². The summed E-state index contributed by atoms with van der Waals surface area (Å²) in [5.74, 6) is 1.14. The zero-order chi connectivity index (χ0) is 17.5. The lowest BCUT2D eigenvalue weighted by atomic mass is 10.2. The van der Waals surface area contributed by atoms with E-state index in [4.69, 9.17) is 21.1 Å². The van der Waals surface area contributed by atoms with Crippen LogP contribution in [0.5, 0.6) is 5.88 Å². The predicted molar refractivity (Wildman–Crippen MR) is 89.7 cm³/mol. The maximum Gasteiger partial charge on any atom is 0.341 e. The van der Waals surface area contributed by atoms with Crippen molar-refractivity contribution in [1.82, 2.24) is 14.8 Å². The van der Waals surface area contributed by atoms with Crippen molar-refractivity contribution in [3.8, 4) is 11.7 Å². The van der Waals surface area contributed by atoms with Gasteiger partial charge in [0.1, 0.15) is 16.9 Å². The van der Waals surface area contributed by atoms with Crippen LogP contribution < -0.4 is 4.74 Å². The molecule has 6 nitrogen and oxygen atoms in total. The SMILES string of the molecule is C[C@@H]1C[C@@H]1Oc1ccn(-c2ccc(C(=O)OC(C)(C)C)c(Cl)n2)n1. The number of carbonyl (C=O) groups is 1. The van der Waals surface area contributed by atoms with Crippen LogP contribution in [0, 0.1) is 5.92 Å². The minimum absolute atomic E-state index is 0.0792. The molecule has 0 radical (unpaired) electrons. The number of hydrogen-bond donors (Lipinski definition) is 0. The van der Waals surface area contributed by atoms with E-state index in [0.29, 0.717) is 17.6 Å². The first-order valence-corrected chi connectivity index (χ1v) is 8.23. The number of pyridine rings is 1. The van der Waals surface area contributed by atoms with Crippen LogP contribution in [-0.2, 0) is 4.74 Å². The van der Waals surface area contributed by atoms with Gasteiger partial charge in [-0.05, 0) is 45.2 Å². The molecular weight excluding hydrogens is 330 g/mol. The molecule has 2 atom stereocenters. The average molecular weight is 350 g/mol. The third-order valence-corrected chi connectivity index (χ3v) is 3.85. The molecule has 1 saturated carbocycles. The Bertz CT molecular complexity index is 767. The summed E-state index contributed by atoms with van der Waals surface area (Å²) in [4.78, 5) is 16.3. The van der Waals surface area contributed by atoms with Crippen LogP contribution >= 0.6 is 11.6 Å². The van der Waals surface area contributed by atoms with Crippen molar-refractivity contribution in [2.24, 2.45) is 5.92 Å². The number of carbonyl (C=O) groups excluding carboxylic acids is 1. The van der Waals surface area contributed by atoms with Crippen molar-refractivity contribution in [1.29, 1.82) is 0 Å². The molecule has 0 amide bonds. The van der Waals surface area contributed by atoms with Crippen LogP contribution in [-0.4, -0.2) is 32.4 Å². The van der Waals surface area contributed by atoms with Gasteiger partial charge in [-0.25, -0.2) is 14.5 Å². The van der Waals surface area contributed by atoms with E-state index >= 15 is 0 Å². The molecule has 7 heteroatoms. The second-order valence-electron chi connectivity index (χ2n) is 6.98. The minimum Gasteiger partial charge on any atom is -0.473 e. The lowest BCUT2D eigenvalue weighted by molar-refractivity contribution is 0.00693. The number of rotatable bonds is 4. The van der Waals surface area contributed by atoms with Gasteiger partial charge in [0, 0.05) is 12.3 Å². The maximum absolute atomic E-state index is 12.1. The number of esters is 1. The molecule has 2 heterocycles. The molecular formula is C17H20ClN3O3. The molecule has 1 aliphatic rings. The number of hydrogen-bond acceptors (Lipinski definition) is 5. The van der Waals surface area contributed by atoms with Gasteiger partial charge in [0.2, 0.25) is 5.88 Å². The highest BCUT2D eigenvalue weighted by atomic mass is 35.5. The predicted octanol–water partition coefficient (Wildman–Crippen LogP) is 3.66. The number of aromatic nitrogens is 3. The third-order valence-electron chi connectivity index (χ3n) is 3.56. The van der Waals surface area contributed by atoms with Crippen molar-refractivity contribution >= 4 is 17.6 Å². The lowest BCUT2D eigenvalue weighted by Crippen LogP contribution is -2.24. The molecule has 2 aromatic heterocycles. The highest BCUT2D eigenvalue weighted by molar-refractivity contribution is 6.32. The second kappa shape index (κ2) is 6.09. The number of nitrogens with zero attached hydrogens (tertiary/aromatic N) is 3. The zero-order valence-electron chi connectivity index (χ0n) is 14.1. The minimum atomic E-state index is -0.590. The van der Waals surface area contributed by atoms with Gasteiger partial charge in [-0.15, -0.1) is 5.10 Å². The summed E-state index contributed by atoms with van der Waals surface area (Å²) >= 11 is 6.14. The molecule has 0 bridgehead atoms. The Balaban J connectivity index is 1.76. The summed E-state index contributed by atoms with van der Waals surface area (Å²) in [6, 6.07) is 5.04. The molecule has 0 spiro atoms. The summed E-state index contributed by atoms with van der Waals surface area (Å²) in [7, 11) is 0. The van der Waals surface area contributed by atoms with E-state index in [1.54, 1.807) is 49.8 Å². The monoisotopic (exact) mass is 349 g/mol. The fourth-order valence-corrected chi connectivity index (χ4v) is 2.37. The van der Waals surface area contributed by atoms with Crippen molar-refractivity contribution in [2.75, 3.05) is 0 Å². The van der Waals surface area contributed by atoms with Gasteiger partial charge in [-0.3, -0.25) is 0 Å². The van der Waals surface area contributed by atoms with Gasteiger partial charge in [-0.2, -0.15) is 0 Å². The van der Waals surface area contributed by atoms with E-state index < -0.39 is 11.6 Å². The first kappa shape index (κ1) is 16.8. The van der Waals surface area contributed by atoms with Gasteiger partial charge in [0.25, 0.3) is 0 Å². The van der Waals surface area contributed by atoms with Gasteiger partial charge >= 0.3 is 5.97 Å². The molecule has 0 aliphatic heterocycles. The van der Waals surface area contributed by atoms with E-state index in [9.17, 15) is 4.79 Å². The number of ether oxygens (including phenoxy) is 2. The Morgan fingerprint density at radius 1 is 1.33 bits per heavy atom. The smallest absolute Gasteiger partial charge is 0.341 e. The van der Waals surface area contributed by atoms with Crippen molar-refractivity contribution in [2.45, 2.75) is 45.8 Å². The Labute approximate surface area is 145 Å². The van der Waals surface area contributed by atoms with E-state index in [-0.39, 0.29) is 16.8 Å². The fourth-order valence-electron chi connectivity index (χ4n) is 2.14. The third kappa shape index (κ3) is 3.87. The Hall–Kier alpha value is -2.08. The summed E-state index contributed by atoms with van der Waals surface area (Å²) < 4.78 is 12.6. The Kier molecular flexibility index (Phi) is 4.25. The standard InChI is InChI=1S/C17H20ClN3O3/c1-10-9-12(10)23-14-7-8-21(20-14)13-6-5-11(15(18)19-13)16(22)24-17(2,3)4/h5-8,10,12H,9H2,1-4H3/t10-,12+/m1/s1. The summed E-state index contributed by atoms with van der Waals surface area (Å²) in [5, 5.41) is 4.41. The fraction of sp³-hybridized carbons (Fsp3) is 0.471. The molecule has 128 valence electrons. The van der Waals surface area contributed by atoms with Gasteiger partial charge < -0.3 is 9.47 Å². The first-order valence-electron chi connectivity index (χ1n) is 7.85. The molecule has 0 saturated heterocycles. The van der Waals surface area contributed by atoms with E-state index in [1.165, 1.54) is 0 Å². The Morgan fingerprint density at radius 3 is 2.62 bits per heavy atom. The summed E-state index contributed by atoms with van der Waals surface area (Å²) in [6.45, 7) is 7.53. The average Bonchev–Trinajstić information content (AvgIpc) is 2.96. The van der Waals surface area contributed by atoms with Crippen LogP contribution in [0.25, 0.3) is 5.82 Å². The molecule has 0 aromatic carbocycles. The van der Waals surface area contributed by atoms with E-state index in [2.05, 4.69) is 17.0 Å². The quantitative estimate of drug-likeness (QED) is 0.622. The molecule has 1 aliphatic carbocycles. The molecule has 1 fully saturated rings. The van der Waals surface area contributed by atoms with Crippen LogP contribution in [0.2, 0.25) is 5.15 Å². The van der Waals surface area contributed by atoms with Crippen LogP contribution in [0.4, 0.5) is 0 Å². The van der Waals surface area contributed by atoms with Gasteiger partial charge in [0.15, 0.2) is 5.82 Å². The molecule has 3 rings (SSSR count). The van der Waals surface area contributed by atoms with E-state index in [0.717, 1.165) is 6.42 Å². The second-order valence-corrected chi connectivity index (χ2v) is 7.34. The molecule has 0 unspecified atom stereocenters. The summed E-state index contributed by atoms with van der Waals surface area (Å²) in [6.07, 6.45) is 3.05. The van der Waals surface area contributed by atoms with Crippen molar-refractivity contribution in [3.63, 3.8) is 0 Å². The van der Waals surface area contributed by atoms with Crippen LogP contribution in [0.15, 0.2) is 24.4 Å². The van der Waals surface area contributed by atoms with Gasteiger partial charge in [-0.1, -0.05) is 18.5 Å². The molecule has 2 aromatic rings. The van der Waals surface area contributed by atoms with Gasteiger partial charge in [0.05, 0.1) is 5.56 Å². The van der Waals surface area contributed by atoms with Crippen molar-refractivity contribution < 1.29 is 14.3 Å². The largest absolute Gasteiger partial charge is 0.473 e. The van der Waals surface area contributed by atoms with Crippen LogP contribution in [0.3, 0.4) is 0 Å². The highest BCUT2D eigenvalue weighted by Gasteiger charge is 2.35. The number of halogens is 1. The normalized spacial score (nSPS) is 19.9. The summed E-state index contributed by atoms with van der Waals surface area (Å²) in [5.41, 5.74) is -0.362. The molecule has 0 N–H and O–H groups in total. The van der Waals surface area contributed by atoms with Crippen LogP contribution in [0.1, 0.15) is 44.5 Å². The maximum atomic E-state index is 12.1. The molecule has 24 heavy (non-hydrogen) atoms.